The molecule has 0 amide bonds. The average Bonchev–Trinajstić information content (AvgIpc) is 2.71. The van der Waals surface area contributed by atoms with Gasteiger partial charge in [-0.3, -0.25) is 0 Å². The normalized spacial score (nSPS) is 23.6. The second kappa shape index (κ2) is 5.63. The minimum atomic E-state index is -0.133. The fourth-order valence-electron chi connectivity index (χ4n) is 2.33. The lowest BCUT2D eigenvalue weighted by atomic mass is 9.96. The first-order valence-electron chi connectivity index (χ1n) is 6.81. The first-order chi connectivity index (χ1) is 8.84. The van der Waals surface area contributed by atoms with Gasteiger partial charge in [-0.1, -0.05) is 32.4 Å². The summed E-state index contributed by atoms with van der Waals surface area (Å²) in [5.41, 5.74) is -0.120. The highest BCUT2D eigenvalue weighted by molar-refractivity contribution is 6.29. The molecule has 0 aromatic carbocycles. The van der Waals surface area contributed by atoms with E-state index >= 15 is 0 Å². The minimum absolute atomic E-state index is 0.120. The van der Waals surface area contributed by atoms with Crippen molar-refractivity contribution in [3.63, 3.8) is 0 Å². The van der Waals surface area contributed by atoms with Crippen LogP contribution in [0.5, 0.6) is 0 Å². The molecule has 1 heterocycles. The van der Waals surface area contributed by atoms with E-state index in [2.05, 4.69) is 36.1 Å². The summed E-state index contributed by atoms with van der Waals surface area (Å²) in [6.45, 7) is 7.02. The summed E-state index contributed by atoms with van der Waals surface area (Å²) in [5, 5.41) is 13.3. The third-order valence-electron chi connectivity index (χ3n) is 3.45. The molecule has 0 saturated heterocycles. The van der Waals surface area contributed by atoms with E-state index in [1.807, 2.05) is 0 Å². The van der Waals surface area contributed by atoms with Gasteiger partial charge < -0.3 is 10.4 Å². The highest BCUT2D eigenvalue weighted by atomic mass is 35.5. The fourth-order valence-corrected chi connectivity index (χ4v) is 2.51. The van der Waals surface area contributed by atoms with Crippen molar-refractivity contribution >= 4 is 17.4 Å². The number of aliphatic hydroxyl groups is 1. The van der Waals surface area contributed by atoms with Gasteiger partial charge in [0.15, 0.2) is 0 Å². The Morgan fingerprint density at radius 3 is 2.68 bits per heavy atom. The molecule has 2 rings (SSSR count). The topological polar surface area (TPSA) is 58.0 Å². The van der Waals surface area contributed by atoms with Crippen LogP contribution in [0.1, 0.15) is 45.9 Å². The van der Waals surface area contributed by atoms with Crippen LogP contribution in [0.2, 0.25) is 5.15 Å². The Morgan fingerprint density at radius 1 is 1.37 bits per heavy atom. The summed E-state index contributed by atoms with van der Waals surface area (Å²) in [5.74, 6) is 2.03. The zero-order valence-corrected chi connectivity index (χ0v) is 12.5. The number of rotatable bonds is 3. The molecule has 1 aromatic heterocycles. The number of anilines is 1. The largest absolute Gasteiger partial charge is 0.393 e. The Bertz CT molecular complexity index is 445. The van der Waals surface area contributed by atoms with Gasteiger partial charge in [0, 0.05) is 18.0 Å². The number of hydrogen-bond donors (Lipinski definition) is 2. The Balaban J connectivity index is 2.02. The quantitative estimate of drug-likeness (QED) is 0.837. The van der Waals surface area contributed by atoms with Crippen molar-refractivity contribution in [2.75, 3.05) is 11.9 Å². The van der Waals surface area contributed by atoms with E-state index in [0.717, 1.165) is 37.4 Å². The van der Waals surface area contributed by atoms with Crippen LogP contribution in [0, 0.1) is 5.92 Å². The van der Waals surface area contributed by atoms with Crippen molar-refractivity contribution in [2.45, 2.75) is 51.6 Å². The predicted octanol–water partition coefficient (Wildman–Crippen LogP) is 3.00. The molecule has 1 saturated carbocycles. The second-order valence-electron chi connectivity index (χ2n) is 6.36. The lowest BCUT2D eigenvalue weighted by molar-refractivity contribution is 0.178. The van der Waals surface area contributed by atoms with Gasteiger partial charge in [0.05, 0.1) is 6.10 Å². The van der Waals surface area contributed by atoms with Crippen molar-refractivity contribution in [2.24, 2.45) is 5.92 Å². The first-order valence-corrected chi connectivity index (χ1v) is 7.19. The van der Waals surface area contributed by atoms with E-state index in [-0.39, 0.29) is 11.5 Å². The van der Waals surface area contributed by atoms with Crippen LogP contribution in [0.3, 0.4) is 0 Å². The summed E-state index contributed by atoms with van der Waals surface area (Å²) in [4.78, 5) is 8.79. The van der Waals surface area contributed by atoms with Crippen LogP contribution in [0.25, 0.3) is 0 Å². The van der Waals surface area contributed by atoms with Crippen LogP contribution in [-0.4, -0.2) is 27.7 Å². The molecular weight excluding hydrogens is 262 g/mol. The summed E-state index contributed by atoms with van der Waals surface area (Å²) >= 11 is 6.04. The Hall–Kier alpha value is -0.870. The van der Waals surface area contributed by atoms with Crippen LogP contribution in [0.15, 0.2) is 6.07 Å². The van der Waals surface area contributed by atoms with Gasteiger partial charge >= 0.3 is 0 Å². The second-order valence-corrected chi connectivity index (χ2v) is 6.75. The van der Waals surface area contributed by atoms with Gasteiger partial charge in [0.2, 0.25) is 0 Å². The van der Waals surface area contributed by atoms with Crippen LogP contribution < -0.4 is 5.32 Å². The molecule has 0 bridgehead atoms. The average molecular weight is 284 g/mol. The molecule has 4 nitrogen and oxygen atoms in total. The van der Waals surface area contributed by atoms with Gasteiger partial charge in [-0.15, -0.1) is 0 Å². The van der Waals surface area contributed by atoms with Crippen LogP contribution in [0.4, 0.5) is 5.82 Å². The molecule has 2 atom stereocenters. The zero-order chi connectivity index (χ0) is 14.0. The Labute approximate surface area is 119 Å². The molecule has 1 aromatic rings. The number of nitrogens with one attached hydrogen (secondary N) is 1. The van der Waals surface area contributed by atoms with Crippen LogP contribution in [-0.2, 0) is 5.41 Å². The molecule has 5 heteroatoms. The van der Waals surface area contributed by atoms with Gasteiger partial charge in [-0.25, -0.2) is 9.97 Å². The summed E-state index contributed by atoms with van der Waals surface area (Å²) in [6, 6.07) is 1.75. The lowest BCUT2D eigenvalue weighted by Gasteiger charge is -2.18. The molecule has 1 aliphatic rings. The lowest BCUT2D eigenvalue weighted by Crippen LogP contribution is -2.19. The molecule has 19 heavy (non-hydrogen) atoms. The van der Waals surface area contributed by atoms with Gasteiger partial charge in [0.1, 0.15) is 16.8 Å². The summed E-state index contributed by atoms with van der Waals surface area (Å²) < 4.78 is 0. The highest BCUT2D eigenvalue weighted by Gasteiger charge is 2.23. The third kappa shape index (κ3) is 4.05. The standard InChI is InChI=1S/C14H22ClN3O/c1-14(2,3)13-17-11(15)7-12(18-13)16-8-9-4-5-10(19)6-9/h7,9-10,19H,4-6,8H2,1-3H3,(H,16,17,18). The molecule has 0 aliphatic heterocycles. The predicted molar refractivity (Wildman–Crippen MR) is 77.6 cm³/mol. The molecule has 1 fully saturated rings. The van der Waals surface area contributed by atoms with Gasteiger partial charge in [-0.05, 0) is 25.2 Å². The Kier molecular flexibility index (Phi) is 4.31. The number of aliphatic hydroxyl groups excluding tert-OH is 1. The van der Waals surface area contributed by atoms with E-state index in [1.165, 1.54) is 0 Å². The van der Waals surface area contributed by atoms with E-state index in [0.29, 0.717) is 11.1 Å². The van der Waals surface area contributed by atoms with Crippen molar-refractivity contribution in [3.8, 4) is 0 Å². The first kappa shape index (κ1) is 14.5. The number of aromatic nitrogens is 2. The number of hydrogen-bond acceptors (Lipinski definition) is 4. The van der Waals surface area contributed by atoms with E-state index < -0.39 is 0 Å². The van der Waals surface area contributed by atoms with Crippen LogP contribution >= 0.6 is 11.6 Å². The highest BCUT2D eigenvalue weighted by Crippen LogP contribution is 2.26. The molecule has 1 aliphatic carbocycles. The maximum Gasteiger partial charge on any atom is 0.137 e. The molecule has 2 unspecified atom stereocenters. The number of halogens is 1. The zero-order valence-electron chi connectivity index (χ0n) is 11.8. The molecular formula is C14H22ClN3O. The van der Waals surface area contributed by atoms with Crippen molar-refractivity contribution in [3.05, 3.63) is 17.0 Å². The Morgan fingerprint density at radius 2 is 2.11 bits per heavy atom. The van der Waals surface area contributed by atoms with Crippen molar-refractivity contribution < 1.29 is 5.11 Å². The van der Waals surface area contributed by atoms with Crippen molar-refractivity contribution in [1.29, 1.82) is 0 Å². The third-order valence-corrected chi connectivity index (χ3v) is 3.64. The SMILES string of the molecule is CC(C)(C)c1nc(Cl)cc(NCC2CCC(O)C2)n1. The van der Waals surface area contributed by atoms with Crippen molar-refractivity contribution in [1.82, 2.24) is 9.97 Å². The number of nitrogens with zero attached hydrogens (tertiary/aromatic N) is 2. The maximum absolute atomic E-state index is 9.52. The smallest absolute Gasteiger partial charge is 0.137 e. The van der Waals surface area contributed by atoms with Gasteiger partial charge in [0.25, 0.3) is 0 Å². The monoisotopic (exact) mass is 283 g/mol. The maximum atomic E-state index is 9.52. The summed E-state index contributed by atoms with van der Waals surface area (Å²) in [6.07, 6.45) is 2.71. The molecule has 106 valence electrons. The van der Waals surface area contributed by atoms with E-state index in [1.54, 1.807) is 6.07 Å². The fraction of sp³-hybridized carbons (Fsp3) is 0.714. The van der Waals surface area contributed by atoms with E-state index in [4.69, 9.17) is 11.6 Å². The minimum Gasteiger partial charge on any atom is -0.393 e. The van der Waals surface area contributed by atoms with E-state index in [9.17, 15) is 5.11 Å². The molecule has 2 N–H and O–H groups in total. The summed E-state index contributed by atoms with van der Waals surface area (Å²) in [7, 11) is 0. The molecule has 0 radical (unpaired) electrons. The molecule has 0 spiro atoms. The van der Waals surface area contributed by atoms with Gasteiger partial charge in [-0.2, -0.15) is 0 Å².